The lowest BCUT2D eigenvalue weighted by Gasteiger charge is -2.10. The van der Waals surface area contributed by atoms with Gasteiger partial charge in [-0.05, 0) is 12.1 Å². The molecule has 2 aromatic heterocycles. The molecule has 0 bridgehead atoms. The van der Waals surface area contributed by atoms with Gasteiger partial charge in [0, 0.05) is 10.9 Å². The average molecular weight is 277 g/mol. The lowest BCUT2D eigenvalue weighted by atomic mass is 10.1. The van der Waals surface area contributed by atoms with Gasteiger partial charge in [-0.15, -0.1) is 0 Å². The summed E-state index contributed by atoms with van der Waals surface area (Å²) in [7, 11) is 1.49. The molecule has 3 rings (SSSR count). The maximum Gasteiger partial charge on any atom is 0.187 e. The fourth-order valence-electron chi connectivity index (χ4n) is 2.16. The van der Waals surface area contributed by atoms with Gasteiger partial charge in [-0.1, -0.05) is 18.2 Å². The largest absolute Gasteiger partial charge is 0.491 e. The third-order valence-electron chi connectivity index (χ3n) is 3.12. The summed E-state index contributed by atoms with van der Waals surface area (Å²) in [5.74, 6) is 0.561. The van der Waals surface area contributed by atoms with Gasteiger partial charge in [0.05, 0.1) is 12.6 Å². The topological polar surface area (TPSA) is 97.7 Å². The molecule has 3 aromatic rings. The Kier molecular flexibility index (Phi) is 3.09. The molecule has 1 aromatic carbocycles. The average Bonchev–Trinajstić information content (AvgIpc) is 2.53. The first-order valence-corrected chi connectivity index (χ1v) is 6.19. The molecule has 0 saturated heterocycles. The van der Waals surface area contributed by atoms with E-state index in [9.17, 15) is 5.26 Å². The summed E-state index contributed by atoms with van der Waals surface area (Å²) in [4.78, 5) is 12.4. The number of benzene rings is 1. The van der Waals surface area contributed by atoms with Crippen LogP contribution in [0.3, 0.4) is 0 Å². The zero-order chi connectivity index (χ0) is 14.8. The van der Waals surface area contributed by atoms with Crippen molar-refractivity contribution in [2.75, 3.05) is 12.8 Å². The fraction of sp³-hybridized carbons (Fsp3) is 0.0667. The molecule has 102 valence electrons. The lowest BCUT2D eigenvalue weighted by molar-refractivity contribution is 0.415. The Morgan fingerprint density at radius 2 is 2.05 bits per heavy atom. The second-order valence-electron chi connectivity index (χ2n) is 4.33. The van der Waals surface area contributed by atoms with Crippen molar-refractivity contribution in [3.63, 3.8) is 0 Å². The maximum atomic E-state index is 9.34. The molecule has 6 nitrogen and oxygen atoms in total. The van der Waals surface area contributed by atoms with Crippen LogP contribution in [0.4, 0.5) is 5.82 Å². The molecule has 0 aliphatic carbocycles. The minimum absolute atomic E-state index is 0.222. The summed E-state index contributed by atoms with van der Waals surface area (Å²) >= 11 is 0. The molecule has 0 amide bonds. The minimum atomic E-state index is 0.222. The molecule has 0 radical (unpaired) electrons. The summed E-state index contributed by atoms with van der Waals surface area (Å²) in [5.41, 5.74) is 7.84. The van der Waals surface area contributed by atoms with Gasteiger partial charge < -0.3 is 10.5 Å². The Bertz CT molecular complexity index is 870. The van der Waals surface area contributed by atoms with Crippen LogP contribution in [0.1, 0.15) is 5.69 Å². The normalized spacial score (nSPS) is 10.3. The SMILES string of the molecule is COc1c(N)ncnc1-c1cc2ccccc2nc1C#N. The van der Waals surface area contributed by atoms with E-state index in [0.29, 0.717) is 17.0 Å². The van der Waals surface area contributed by atoms with Crippen LogP contribution in [0.2, 0.25) is 0 Å². The third-order valence-corrected chi connectivity index (χ3v) is 3.12. The van der Waals surface area contributed by atoms with Gasteiger partial charge in [-0.3, -0.25) is 0 Å². The Morgan fingerprint density at radius 1 is 1.24 bits per heavy atom. The number of nitrogens with two attached hydrogens (primary N) is 1. The molecule has 21 heavy (non-hydrogen) atoms. The monoisotopic (exact) mass is 277 g/mol. The van der Waals surface area contributed by atoms with E-state index in [1.807, 2.05) is 30.3 Å². The summed E-state index contributed by atoms with van der Waals surface area (Å²) in [6.07, 6.45) is 1.34. The Hall–Kier alpha value is -3.20. The number of ether oxygens (including phenoxy) is 1. The molecule has 0 unspecified atom stereocenters. The molecule has 2 heterocycles. The predicted molar refractivity (Wildman–Crippen MR) is 78.4 cm³/mol. The number of anilines is 1. The molecule has 0 aliphatic heterocycles. The minimum Gasteiger partial charge on any atom is -0.491 e. The molecule has 0 saturated carbocycles. The van der Waals surface area contributed by atoms with Gasteiger partial charge in [0.2, 0.25) is 0 Å². The van der Waals surface area contributed by atoms with Crippen molar-refractivity contribution in [1.29, 1.82) is 5.26 Å². The second-order valence-corrected chi connectivity index (χ2v) is 4.33. The van der Waals surface area contributed by atoms with Crippen molar-refractivity contribution in [3.05, 3.63) is 42.4 Å². The maximum absolute atomic E-state index is 9.34. The highest BCUT2D eigenvalue weighted by atomic mass is 16.5. The highest BCUT2D eigenvalue weighted by molar-refractivity contribution is 5.87. The van der Waals surface area contributed by atoms with Gasteiger partial charge in [0.1, 0.15) is 18.1 Å². The Labute approximate surface area is 120 Å². The lowest BCUT2D eigenvalue weighted by Crippen LogP contribution is -2.01. The van der Waals surface area contributed by atoms with Crippen LogP contribution in [0.5, 0.6) is 5.75 Å². The van der Waals surface area contributed by atoms with E-state index in [1.54, 1.807) is 0 Å². The highest BCUT2D eigenvalue weighted by Crippen LogP contribution is 2.34. The quantitative estimate of drug-likeness (QED) is 0.770. The van der Waals surface area contributed by atoms with Crippen molar-refractivity contribution in [1.82, 2.24) is 15.0 Å². The standard InChI is InChI=1S/C15H11N5O/c1-21-14-13(18-8-19-15(14)17)10-6-9-4-2-3-5-11(9)20-12(10)7-16/h2-6,8H,1H3,(H2,17,18,19). The van der Waals surface area contributed by atoms with E-state index in [2.05, 4.69) is 21.0 Å². The first-order chi connectivity index (χ1) is 10.2. The summed E-state index contributed by atoms with van der Waals surface area (Å²) < 4.78 is 5.25. The number of hydrogen-bond acceptors (Lipinski definition) is 6. The number of nitrogens with zero attached hydrogens (tertiary/aromatic N) is 4. The number of para-hydroxylation sites is 1. The van der Waals surface area contributed by atoms with E-state index in [4.69, 9.17) is 10.5 Å². The van der Waals surface area contributed by atoms with Crippen LogP contribution < -0.4 is 10.5 Å². The van der Waals surface area contributed by atoms with Gasteiger partial charge in [-0.25, -0.2) is 15.0 Å². The van der Waals surface area contributed by atoms with Crippen molar-refractivity contribution >= 4 is 16.7 Å². The van der Waals surface area contributed by atoms with Gasteiger partial charge in [-0.2, -0.15) is 5.26 Å². The number of nitrogen functional groups attached to an aromatic ring is 1. The number of pyridine rings is 1. The van der Waals surface area contributed by atoms with Crippen LogP contribution in [0.25, 0.3) is 22.2 Å². The van der Waals surface area contributed by atoms with Crippen molar-refractivity contribution in [3.8, 4) is 23.1 Å². The van der Waals surface area contributed by atoms with Gasteiger partial charge in [0.25, 0.3) is 0 Å². The molecule has 0 atom stereocenters. The summed E-state index contributed by atoms with van der Waals surface area (Å²) in [6, 6.07) is 11.5. The zero-order valence-electron chi connectivity index (χ0n) is 11.2. The van der Waals surface area contributed by atoms with E-state index in [1.165, 1.54) is 13.4 Å². The second kappa shape index (κ2) is 5.06. The molecule has 0 fully saturated rings. The first-order valence-electron chi connectivity index (χ1n) is 6.19. The van der Waals surface area contributed by atoms with Gasteiger partial charge >= 0.3 is 0 Å². The van der Waals surface area contributed by atoms with Crippen molar-refractivity contribution in [2.24, 2.45) is 0 Å². The van der Waals surface area contributed by atoms with E-state index in [-0.39, 0.29) is 11.5 Å². The van der Waals surface area contributed by atoms with E-state index < -0.39 is 0 Å². The molecular formula is C15H11N5O. The number of aromatic nitrogens is 3. The Morgan fingerprint density at radius 3 is 2.81 bits per heavy atom. The predicted octanol–water partition coefficient (Wildman–Crippen LogP) is 2.15. The summed E-state index contributed by atoms with van der Waals surface area (Å²) in [5, 5.41) is 10.3. The molecule has 2 N–H and O–H groups in total. The number of rotatable bonds is 2. The van der Waals surface area contributed by atoms with E-state index in [0.717, 1.165) is 10.9 Å². The Balaban J connectivity index is 2.35. The van der Waals surface area contributed by atoms with Crippen LogP contribution in [-0.4, -0.2) is 22.1 Å². The number of methoxy groups -OCH3 is 1. The first kappa shape index (κ1) is 12.8. The zero-order valence-corrected chi connectivity index (χ0v) is 11.2. The number of nitriles is 1. The third kappa shape index (κ3) is 2.11. The fourth-order valence-corrected chi connectivity index (χ4v) is 2.16. The number of fused-ring (bicyclic) bond motifs is 1. The summed E-state index contributed by atoms with van der Waals surface area (Å²) in [6.45, 7) is 0. The van der Waals surface area contributed by atoms with Crippen molar-refractivity contribution in [2.45, 2.75) is 0 Å². The molecular weight excluding hydrogens is 266 g/mol. The van der Waals surface area contributed by atoms with Crippen molar-refractivity contribution < 1.29 is 4.74 Å². The number of hydrogen-bond donors (Lipinski definition) is 1. The molecule has 6 heteroatoms. The van der Waals surface area contributed by atoms with Crippen LogP contribution in [-0.2, 0) is 0 Å². The molecule has 0 aliphatic rings. The molecule has 0 spiro atoms. The van der Waals surface area contributed by atoms with Crippen LogP contribution in [0, 0.1) is 11.3 Å². The van der Waals surface area contributed by atoms with E-state index >= 15 is 0 Å². The smallest absolute Gasteiger partial charge is 0.187 e. The van der Waals surface area contributed by atoms with Gasteiger partial charge in [0.15, 0.2) is 17.3 Å². The highest BCUT2D eigenvalue weighted by Gasteiger charge is 2.17. The van der Waals surface area contributed by atoms with Crippen LogP contribution >= 0.6 is 0 Å². The van der Waals surface area contributed by atoms with Crippen LogP contribution in [0.15, 0.2) is 36.7 Å².